The minimum absolute atomic E-state index is 0.114. The largest absolute Gasteiger partial charge is 0.456 e. The first kappa shape index (κ1) is 63.5. The molecule has 0 aliphatic heterocycles. The summed E-state index contributed by atoms with van der Waals surface area (Å²) in [6.45, 7) is 12.7. The van der Waals surface area contributed by atoms with E-state index >= 15 is 26.3 Å². The Balaban J connectivity index is 1.15. The maximum absolute atomic E-state index is 17.5. The summed E-state index contributed by atoms with van der Waals surface area (Å²) in [5, 5.41) is 10.5. The van der Waals surface area contributed by atoms with Crippen molar-refractivity contribution in [2.75, 3.05) is 0 Å². The Morgan fingerprint density at radius 1 is 0.379 bits per heavy atom. The molecular formula is C93H68F6N2O2. The van der Waals surface area contributed by atoms with Gasteiger partial charge in [0, 0.05) is 65.8 Å². The van der Waals surface area contributed by atoms with Crippen molar-refractivity contribution in [2.45, 2.75) is 83.6 Å². The van der Waals surface area contributed by atoms with Gasteiger partial charge in [-0.1, -0.05) is 233 Å². The Kier molecular flexibility index (Phi) is 14.5. The zero-order valence-electron chi connectivity index (χ0n) is 57.5. The van der Waals surface area contributed by atoms with E-state index in [4.69, 9.17) is 8.83 Å². The fraction of sp³-hybridized carbons (Fsp3) is 0.140. The summed E-state index contributed by atoms with van der Waals surface area (Å²) in [5.41, 5.74) is 6.65. The number of hydrogen-bond acceptors (Lipinski definition) is 2. The standard InChI is InChI=1S/C93H68F6N2O2/c1-54-27-7-9-29-58(54)65-47-49-78-82(69-38-18-25-45-76(69)102-78)80(65)55(2)81-86(90(3,4)52-51-57-53-56-28-8-10-30-59(56)61-32-12-11-31-60(57)61)84(67-36-13-20-40-71(67)92(94,95)96)89(100-73-42-22-15-35-64(73)66-48-50-79-83(88(66)100)70-39-19-26-46-77(70)103-79)85(68-37-14-21-41-72(68)93(97,98)99)87(81)91(5,6)101-74-43-23-16-33-62(74)63-34-17-24-44-75(63)101/h7-50,53,55H,51-52H2,1-6H3. The second kappa shape index (κ2) is 23.5. The molecule has 0 N–H and O–H groups in total. The van der Waals surface area contributed by atoms with Gasteiger partial charge in [0.2, 0.25) is 0 Å². The van der Waals surface area contributed by atoms with Gasteiger partial charge < -0.3 is 18.0 Å². The summed E-state index contributed by atoms with van der Waals surface area (Å²) >= 11 is 0. The first-order valence-electron chi connectivity index (χ1n) is 35.1. The number of benzene rings is 14. The highest BCUT2D eigenvalue weighted by molar-refractivity contribution is 6.25. The van der Waals surface area contributed by atoms with E-state index in [1.165, 1.54) is 18.2 Å². The topological polar surface area (TPSA) is 36.1 Å². The third kappa shape index (κ3) is 9.80. The third-order valence-electron chi connectivity index (χ3n) is 22.1. The quantitative estimate of drug-likeness (QED) is 0.0903. The van der Waals surface area contributed by atoms with Crippen LogP contribution in [0.2, 0.25) is 0 Å². The first-order chi connectivity index (χ1) is 49.8. The molecule has 0 saturated carbocycles. The molecule has 0 aliphatic carbocycles. The lowest BCUT2D eigenvalue weighted by Gasteiger charge is -2.43. The number of nitrogens with zero attached hydrogens (tertiary/aromatic N) is 2. The van der Waals surface area contributed by atoms with E-state index in [1.54, 1.807) is 18.2 Å². The summed E-state index contributed by atoms with van der Waals surface area (Å²) in [6.07, 6.45) is -9.24. The number of para-hydroxylation sites is 5. The van der Waals surface area contributed by atoms with Gasteiger partial charge in [0.25, 0.3) is 0 Å². The zero-order valence-corrected chi connectivity index (χ0v) is 57.5. The maximum Gasteiger partial charge on any atom is 0.417 e. The second-order valence-electron chi connectivity index (χ2n) is 28.8. The first-order valence-corrected chi connectivity index (χ1v) is 35.1. The van der Waals surface area contributed by atoms with Crippen LogP contribution in [-0.2, 0) is 29.7 Å². The number of halogens is 6. The second-order valence-corrected chi connectivity index (χ2v) is 28.8. The molecule has 18 rings (SSSR count). The number of fused-ring (bicyclic) bond motifs is 16. The molecule has 1 unspecified atom stereocenters. The van der Waals surface area contributed by atoms with E-state index in [0.29, 0.717) is 68.3 Å². The lowest BCUT2D eigenvalue weighted by atomic mass is 9.64. The van der Waals surface area contributed by atoms with Crippen LogP contribution in [0, 0.1) is 6.92 Å². The molecule has 504 valence electrons. The number of aromatic nitrogens is 2. The summed E-state index contributed by atoms with van der Waals surface area (Å²) in [7, 11) is 0. The van der Waals surface area contributed by atoms with Gasteiger partial charge in [-0.3, -0.25) is 0 Å². The fourth-order valence-electron chi connectivity index (χ4n) is 17.8. The number of aryl methyl sites for hydroxylation is 2. The van der Waals surface area contributed by atoms with Crippen molar-refractivity contribution in [1.82, 2.24) is 9.13 Å². The van der Waals surface area contributed by atoms with E-state index in [1.807, 2.05) is 156 Å². The van der Waals surface area contributed by atoms with Gasteiger partial charge in [0.05, 0.1) is 38.8 Å². The smallest absolute Gasteiger partial charge is 0.417 e. The lowest BCUT2D eigenvalue weighted by molar-refractivity contribution is -0.137. The maximum atomic E-state index is 17.5. The van der Waals surface area contributed by atoms with Crippen LogP contribution < -0.4 is 0 Å². The predicted octanol–water partition coefficient (Wildman–Crippen LogP) is 27.2. The average molecular weight is 1360 g/mol. The Morgan fingerprint density at radius 2 is 0.835 bits per heavy atom. The van der Waals surface area contributed by atoms with Crippen molar-refractivity contribution in [3.63, 3.8) is 0 Å². The molecule has 0 fully saturated rings. The Morgan fingerprint density at radius 3 is 1.44 bits per heavy atom. The van der Waals surface area contributed by atoms with Gasteiger partial charge in [0.1, 0.15) is 22.3 Å². The van der Waals surface area contributed by atoms with E-state index < -0.39 is 40.4 Å². The molecule has 0 radical (unpaired) electrons. The van der Waals surface area contributed by atoms with Gasteiger partial charge in [-0.25, -0.2) is 0 Å². The lowest BCUT2D eigenvalue weighted by Crippen LogP contribution is -2.34. The van der Waals surface area contributed by atoms with Crippen LogP contribution in [0.5, 0.6) is 0 Å². The Bertz CT molecular complexity index is 6470. The van der Waals surface area contributed by atoms with Crippen molar-refractivity contribution in [2.24, 2.45) is 0 Å². The van der Waals surface area contributed by atoms with E-state index in [0.717, 1.165) is 110 Å². The Hall–Kier alpha value is -11.6. The van der Waals surface area contributed by atoms with E-state index in [2.05, 4.69) is 119 Å². The predicted molar refractivity (Wildman–Crippen MR) is 411 cm³/mol. The number of alkyl halides is 6. The minimum Gasteiger partial charge on any atom is -0.456 e. The molecular weight excluding hydrogens is 1290 g/mol. The zero-order chi connectivity index (χ0) is 70.6. The number of rotatable bonds is 12. The summed E-state index contributed by atoms with van der Waals surface area (Å²) in [6, 6.07) is 86.2. The highest BCUT2D eigenvalue weighted by Crippen LogP contribution is 2.60. The van der Waals surface area contributed by atoms with Crippen molar-refractivity contribution < 1.29 is 35.2 Å². The molecule has 0 amide bonds. The molecule has 4 nitrogen and oxygen atoms in total. The number of furan rings is 2. The van der Waals surface area contributed by atoms with Crippen molar-refractivity contribution in [1.29, 1.82) is 0 Å². The van der Waals surface area contributed by atoms with Crippen LogP contribution in [0.25, 0.3) is 148 Å². The molecule has 4 heterocycles. The van der Waals surface area contributed by atoms with Crippen LogP contribution in [0.3, 0.4) is 0 Å². The summed E-state index contributed by atoms with van der Waals surface area (Å²) in [4.78, 5) is 0. The minimum atomic E-state index is -5.02. The third-order valence-corrected chi connectivity index (χ3v) is 22.1. The van der Waals surface area contributed by atoms with Crippen LogP contribution in [0.4, 0.5) is 26.3 Å². The van der Waals surface area contributed by atoms with Gasteiger partial charge in [0.15, 0.2) is 0 Å². The molecule has 0 spiro atoms. The SMILES string of the molecule is Cc1ccccc1-c1ccc2oc3ccccc3c2c1C(C)c1c(C(C)(C)CCc2cc3ccccc3c3ccccc23)c(-c2ccccc2C(F)(F)F)c(-n2c3ccccc3c3ccc4oc5ccccc5c4c32)c(-c2ccccc2C(F)(F)F)c1C(C)(C)n1c2ccccc2c2ccccc21. The molecule has 4 aromatic heterocycles. The van der Waals surface area contributed by atoms with Crippen LogP contribution >= 0.6 is 0 Å². The number of hydrogen-bond donors (Lipinski definition) is 0. The van der Waals surface area contributed by atoms with Gasteiger partial charge in [-0.05, 0) is 177 Å². The van der Waals surface area contributed by atoms with E-state index in [-0.39, 0.29) is 27.9 Å². The van der Waals surface area contributed by atoms with Crippen molar-refractivity contribution in [3.05, 3.63) is 317 Å². The molecule has 0 aliphatic rings. The summed E-state index contributed by atoms with van der Waals surface area (Å²) < 4.78 is 123. The molecule has 18 aromatic rings. The molecule has 1 atom stereocenters. The molecule has 0 bridgehead atoms. The monoisotopic (exact) mass is 1360 g/mol. The highest BCUT2D eigenvalue weighted by atomic mass is 19.4. The molecule has 0 saturated heterocycles. The molecule has 103 heavy (non-hydrogen) atoms. The van der Waals surface area contributed by atoms with Crippen molar-refractivity contribution >= 4 is 109 Å². The Labute approximate surface area is 590 Å². The van der Waals surface area contributed by atoms with Gasteiger partial charge in [-0.15, -0.1) is 0 Å². The molecule has 14 aromatic carbocycles. The van der Waals surface area contributed by atoms with Gasteiger partial charge >= 0.3 is 12.4 Å². The molecule has 10 heteroatoms. The fourth-order valence-corrected chi connectivity index (χ4v) is 17.8. The van der Waals surface area contributed by atoms with Crippen LogP contribution in [0.1, 0.15) is 91.5 Å². The van der Waals surface area contributed by atoms with E-state index in [9.17, 15) is 0 Å². The van der Waals surface area contributed by atoms with Crippen molar-refractivity contribution in [3.8, 4) is 39.1 Å². The highest BCUT2D eigenvalue weighted by Gasteiger charge is 2.47. The van der Waals surface area contributed by atoms with Crippen LogP contribution in [0.15, 0.2) is 282 Å². The normalized spacial score (nSPS) is 13.1. The van der Waals surface area contributed by atoms with Crippen LogP contribution in [-0.4, -0.2) is 9.13 Å². The average Bonchev–Trinajstić information content (AvgIpc) is 1.66. The van der Waals surface area contributed by atoms with Gasteiger partial charge in [-0.2, -0.15) is 26.3 Å². The summed E-state index contributed by atoms with van der Waals surface area (Å²) in [5.74, 6) is -0.886.